The van der Waals surface area contributed by atoms with Crippen molar-refractivity contribution in [3.05, 3.63) is 60.2 Å². The second-order valence-electron chi connectivity index (χ2n) is 4.49. The van der Waals surface area contributed by atoms with Crippen LogP contribution in [0.3, 0.4) is 0 Å². The third-order valence-electron chi connectivity index (χ3n) is 3.05. The summed E-state index contributed by atoms with van der Waals surface area (Å²) < 4.78 is 18.1. The van der Waals surface area contributed by atoms with Crippen LogP contribution in [0.4, 0.5) is 10.1 Å². The van der Waals surface area contributed by atoms with Gasteiger partial charge in [0, 0.05) is 23.6 Å². The van der Waals surface area contributed by atoms with Crippen LogP contribution in [0.15, 0.2) is 48.8 Å². The normalized spacial score (nSPS) is 13.3. The Morgan fingerprint density at radius 1 is 1.35 bits per heavy atom. The molecule has 0 radical (unpaired) electrons. The van der Waals surface area contributed by atoms with E-state index >= 15 is 0 Å². The minimum Gasteiger partial charge on any atom is -0.467 e. The summed E-state index contributed by atoms with van der Waals surface area (Å²) >= 11 is 0. The number of pyridine rings is 1. The number of rotatable bonds is 4. The zero-order chi connectivity index (χ0) is 14.6. The van der Waals surface area contributed by atoms with Gasteiger partial charge < -0.3 is 10.1 Å². The number of carbonyl (C=O) groups is 1. The van der Waals surface area contributed by atoms with Crippen LogP contribution in [0, 0.1) is 5.82 Å². The van der Waals surface area contributed by atoms with Crippen molar-refractivity contribution in [2.24, 2.45) is 0 Å². The second-order valence-corrected chi connectivity index (χ2v) is 4.49. The minimum absolute atomic E-state index is 0.381. The van der Waals surface area contributed by atoms with E-state index in [1.807, 2.05) is 0 Å². The molecule has 1 atom stereocenters. The van der Waals surface area contributed by atoms with E-state index in [0.717, 1.165) is 0 Å². The van der Waals surface area contributed by atoms with E-state index in [1.165, 1.54) is 19.2 Å². The highest BCUT2D eigenvalue weighted by Crippen LogP contribution is 2.27. The molecule has 0 bridgehead atoms. The van der Waals surface area contributed by atoms with Crippen molar-refractivity contribution >= 4 is 11.7 Å². The van der Waals surface area contributed by atoms with Gasteiger partial charge in [0.15, 0.2) is 5.54 Å². The van der Waals surface area contributed by atoms with Crippen molar-refractivity contribution in [3.8, 4) is 0 Å². The molecule has 0 fully saturated rings. The number of hydrogen-bond acceptors (Lipinski definition) is 4. The van der Waals surface area contributed by atoms with Crippen LogP contribution >= 0.6 is 0 Å². The first-order valence-corrected chi connectivity index (χ1v) is 6.09. The number of methoxy groups -OCH3 is 1. The van der Waals surface area contributed by atoms with E-state index in [2.05, 4.69) is 10.3 Å². The minimum atomic E-state index is -1.14. The Labute approximate surface area is 116 Å². The Bertz CT molecular complexity index is 604. The third-order valence-corrected chi connectivity index (χ3v) is 3.05. The highest BCUT2D eigenvalue weighted by atomic mass is 19.1. The van der Waals surface area contributed by atoms with Gasteiger partial charge in [0.1, 0.15) is 5.82 Å². The number of aromatic nitrogens is 1. The van der Waals surface area contributed by atoms with E-state index in [4.69, 9.17) is 4.74 Å². The van der Waals surface area contributed by atoms with E-state index in [-0.39, 0.29) is 5.82 Å². The molecule has 2 rings (SSSR count). The number of nitrogens with zero attached hydrogens (tertiary/aromatic N) is 1. The average Bonchev–Trinajstić information content (AvgIpc) is 2.47. The molecule has 5 heteroatoms. The van der Waals surface area contributed by atoms with Crippen molar-refractivity contribution in [2.75, 3.05) is 12.4 Å². The fourth-order valence-electron chi connectivity index (χ4n) is 1.96. The first-order valence-electron chi connectivity index (χ1n) is 6.09. The van der Waals surface area contributed by atoms with Gasteiger partial charge in [0.2, 0.25) is 0 Å². The van der Waals surface area contributed by atoms with Crippen LogP contribution in [0.1, 0.15) is 12.5 Å². The molecule has 0 amide bonds. The van der Waals surface area contributed by atoms with Crippen LogP contribution in [0.2, 0.25) is 0 Å². The molecule has 1 aromatic carbocycles. The van der Waals surface area contributed by atoms with Crippen molar-refractivity contribution < 1.29 is 13.9 Å². The highest BCUT2D eigenvalue weighted by Gasteiger charge is 2.36. The Balaban J connectivity index is 2.41. The van der Waals surface area contributed by atoms with Gasteiger partial charge in [-0.1, -0.05) is 12.1 Å². The number of carbonyl (C=O) groups excluding carboxylic acids is 1. The molecular weight excluding hydrogens is 259 g/mol. The summed E-state index contributed by atoms with van der Waals surface area (Å²) in [7, 11) is 1.31. The van der Waals surface area contributed by atoms with Crippen molar-refractivity contribution in [2.45, 2.75) is 12.5 Å². The van der Waals surface area contributed by atoms with Gasteiger partial charge in [-0.2, -0.15) is 0 Å². The topological polar surface area (TPSA) is 51.2 Å². The number of anilines is 1. The maximum absolute atomic E-state index is 13.3. The monoisotopic (exact) mass is 274 g/mol. The smallest absolute Gasteiger partial charge is 0.335 e. The lowest BCUT2D eigenvalue weighted by molar-refractivity contribution is -0.145. The summed E-state index contributed by atoms with van der Waals surface area (Å²) in [5.41, 5.74) is -0.0190. The second kappa shape index (κ2) is 5.69. The summed E-state index contributed by atoms with van der Waals surface area (Å²) in [5, 5.41) is 3.01. The lowest BCUT2D eigenvalue weighted by atomic mass is 9.93. The Kier molecular flexibility index (Phi) is 3.98. The number of nitrogens with one attached hydrogen (secondary N) is 1. The molecular formula is C15H15FN2O2. The fraction of sp³-hybridized carbons (Fsp3) is 0.200. The third kappa shape index (κ3) is 2.77. The lowest BCUT2D eigenvalue weighted by Crippen LogP contribution is -2.41. The van der Waals surface area contributed by atoms with Crippen molar-refractivity contribution in [3.63, 3.8) is 0 Å². The fourth-order valence-corrected chi connectivity index (χ4v) is 1.96. The SMILES string of the molecule is COC(=O)C(C)(Nc1cccc(F)c1)c1cccnc1. The summed E-state index contributed by atoms with van der Waals surface area (Å²) in [4.78, 5) is 16.1. The molecule has 4 nitrogen and oxygen atoms in total. The molecule has 1 unspecified atom stereocenters. The number of halogens is 1. The van der Waals surface area contributed by atoms with Gasteiger partial charge in [-0.05, 0) is 31.2 Å². The number of ether oxygens (including phenoxy) is 1. The molecule has 0 aliphatic carbocycles. The highest BCUT2D eigenvalue weighted by molar-refractivity contribution is 5.85. The van der Waals surface area contributed by atoms with Gasteiger partial charge in [0.25, 0.3) is 0 Å². The predicted molar refractivity (Wildman–Crippen MR) is 73.6 cm³/mol. The number of esters is 1. The molecule has 104 valence electrons. The Hall–Kier alpha value is -2.43. The maximum Gasteiger partial charge on any atom is 0.335 e. The molecule has 0 saturated carbocycles. The Morgan fingerprint density at radius 2 is 2.15 bits per heavy atom. The zero-order valence-corrected chi connectivity index (χ0v) is 11.3. The van der Waals surface area contributed by atoms with Crippen LogP contribution in [-0.2, 0) is 15.1 Å². The quantitative estimate of drug-likeness (QED) is 0.871. The zero-order valence-electron chi connectivity index (χ0n) is 11.3. The van der Waals surface area contributed by atoms with Crippen LogP contribution < -0.4 is 5.32 Å². The predicted octanol–water partition coefficient (Wildman–Crippen LogP) is 2.72. The molecule has 0 spiro atoms. The van der Waals surface area contributed by atoms with E-state index in [0.29, 0.717) is 11.3 Å². The van der Waals surface area contributed by atoms with E-state index in [1.54, 1.807) is 43.6 Å². The van der Waals surface area contributed by atoms with Crippen LogP contribution in [0.25, 0.3) is 0 Å². The molecule has 2 aromatic rings. The molecule has 0 saturated heterocycles. The summed E-state index contributed by atoms with van der Waals surface area (Å²) in [6.07, 6.45) is 3.19. The summed E-state index contributed by atoms with van der Waals surface area (Å²) in [6.45, 7) is 1.67. The van der Waals surface area contributed by atoms with Gasteiger partial charge in [-0.3, -0.25) is 4.98 Å². The molecule has 0 aliphatic heterocycles. The molecule has 20 heavy (non-hydrogen) atoms. The molecule has 0 aliphatic rings. The van der Waals surface area contributed by atoms with E-state index in [9.17, 15) is 9.18 Å². The van der Waals surface area contributed by atoms with Gasteiger partial charge >= 0.3 is 5.97 Å². The van der Waals surface area contributed by atoms with Crippen LogP contribution in [0.5, 0.6) is 0 Å². The van der Waals surface area contributed by atoms with Crippen molar-refractivity contribution in [1.29, 1.82) is 0 Å². The molecule has 1 heterocycles. The van der Waals surface area contributed by atoms with Gasteiger partial charge in [-0.15, -0.1) is 0 Å². The largest absolute Gasteiger partial charge is 0.467 e. The molecule has 1 aromatic heterocycles. The maximum atomic E-state index is 13.3. The summed E-state index contributed by atoms with van der Waals surface area (Å²) in [6, 6.07) is 9.39. The van der Waals surface area contributed by atoms with Gasteiger partial charge in [0.05, 0.1) is 7.11 Å². The number of benzene rings is 1. The van der Waals surface area contributed by atoms with E-state index < -0.39 is 11.5 Å². The van der Waals surface area contributed by atoms with Crippen molar-refractivity contribution in [1.82, 2.24) is 4.98 Å². The average molecular weight is 274 g/mol. The standard InChI is InChI=1S/C15H15FN2O2/c1-15(14(19)20-2,11-5-4-8-17-10-11)18-13-7-3-6-12(16)9-13/h3-10,18H,1-2H3. The lowest BCUT2D eigenvalue weighted by Gasteiger charge is -2.29. The first-order chi connectivity index (χ1) is 9.56. The molecule has 1 N–H and O–H groups in total. The summed E-state index contributed by atoms with van der Waals surface area (Å²) in [5.74, 6) is -0.858. The van der Waals surface area contributed by atoms with Crippen LogP contribution in [-0.4, -0.2) is 18.1 Å². The number of hydrogen-bond donors (Lipinski definition) is 1. The van der Waals surface area contributed by atoms with Gasteiger partial charge in [-0.25, -0.2) is 9.18 Å². The first kappa shape index (κ1) is 14.0. The Morgan fingerprint density at radius 3 is 2.75 bits per heavy atom.